The first-order valence-electron chi connectivity index (χ1n) is 4.55. The first kappa shape index (κ1) is 12.8. The first-order chi connectivity index (χ1) is 6.02. The van der Waals surface area contributed by atoms with E-state index in [1.165, 1.54) is 0 Å². The van der Waals surface area contributed by atoms with Crippen LogP contribution in [0.1, 0.15) is 20.3 Å². The Morgan fingerprint density at radius 3 is 2.54 bits per heavy atom. The van der Waals surface area contributed by atoms with Gasteiger partial charge >= 0.3 is 0 Å². The third-order valence-corrected chi connectivity index (χ3v) is 1.91. The Bertz CT molecular complexity index is 128. The minimum Gasteiger partial charge on any atom is -0.388 e. The van der Waals surface area contributed by atoms with Gasteiger partial charge in [-0.25, -0.2) is 0 Å². The number of aliphatic hydroxyl groups is 1. The monoisotopic (exact) mass is 191 g/mol. The van der Waals surface area contributed by atoms with Crippen LogP contribution in [0.5, 0.6) is 0 Å². The molecule has 0 amide bonds. The van der Waals surface area contributed by atoms with Crippen LogP contribution in [0.15, 0.2) is 0 Å². The van der Waals surface area contributed by atoms with Crippen molar-refractivity contribution in [2.75, 3.05) is 26.9 Å². The van der Waals surface area contributed by atoms with E-state index in [1.54, 1.807) is 7.11 Å². The van der Waals surface area contributed by atoms with E-state index >= 15 is 0 Å². The summed E-state index contributed by atoms with van der Waals surface area (Å²) in [4.78, 5) is 0. The number of aliphatic hydroxyl groups excluding tert-OH is 1. The van der Waals surface area contributed by atoms with E-state index in [0.717, 1.165) is 6.42 Å². The van der Waals surface area contributed by atoms with Crippen molar-refractivity contribution >= 4 is 0 Å². The zero-order valence-corrected chi connectivity index (χ0v) is 8.75. The van der Waals surface area contributed by atoms with Crippen molar-refractivity contribution in [1.82, 2.24) is 0 Å². The largest absolute Gasteiger partial charge is 0.388 e. The Labute approximate surface area is 80.0 Å². The van der Waals surface area contributed by atoms with Crippen LogP contribution < -0.4 is 5.73 Å². The molecule has 0 aromatic heterocycles. The predicted molar refractivity (Wildman–Crippen MR) is 51.6 cm³/mol. The summed E-state index contributed by atoms with van der Waals surface area (Å²) < 4.78 is 10.0. The molecule has 0 heterocycles. The highest BCUT2D eigenvalue weighted by Crippen LogP contribution is 2.04. The van der Waals surface area contributed by atoms with Crippen molar-refractivity contribution in [3.05, 3.63) is 0 Å². The molecule has 0 saturated carbocycles. The molecule has 0 saturated heterocycles. The van der Waals surface area contributed by atoms with E-state index in [4.69, 9.17) is 15.2 Å². The highest BCUT2D eigenvalue weighted by molar-refractivity contribution is 4.75. The molecule has 2 atom stereocenters. The Kier molecular flexibility index (Phi) is 6.24. The summed E-state index contributed by atoms with van der Waals surface area (Å²) in [6, 6.07) is 0. The third kappa shape index (κ3) is 6.95. The van der Waals surface area contributed by atoms with Crippen LogP contribution in [-0.4, -0.2) is 43.7 Å². The summed E-state index contributed by atoms with van der Waals surface area (Å²) >= 11 is 0. The zero-order valence-electron chi connectivity index (χ0n) is 8.75. The van der Waals surface area contributed by atoms with Gasteiger partial charge in [-0.2, -0.15) is 0 Å². The van der Waals surface area contributed by atoms with Crippen LogP contribution >= 0.6 is 0 Å². The van der Waals surface area contributed by atoms with Crippen molar-refractivity contribution in [3.8, 4) is 0 Å². The third-order valence-electron chi connectivity index (χ3n) is 1.91. The van der Waals surface area contributed by atoms with Crippen LogP contribution in [0, 0.1) is 0 Å². The van der Waals surface area contributed by atoms with E-state index in [0.29, 0.717) is 13.2 Å². The Morgan fingerprint density at radius 2 is 2.08 bits per heavy atom. The lowest BCUT2D eigenvalue weighted by atomic mass is 10.0. The van der Waals surface area contributed by atoms with Gasteiger partial charge in [0.15, 0.2) is 0 Å². The quantitative estimate of drug-likeness (QED) is 0.600. The Hall–Kier alpha value is -0.160. The maximum atomic E-state index is 9.23. The summed E-state index contributed by atoms with van der Waals surface area (Å²) in [6.45, 7) is 4.98. The lowest BCUT2D eigenvalue weighted by Crippen LogP contribution is -2.41. The molecule has 0 aromatic rings. The van der Waals surface area contributed by atoms with Crippen molar-refractivity contribution in [3.63, 3.8) is 0 Å². The molecule has 0 rings (SSSR count). The Balaban J connectivity index is 3.44. The van der Waals surface area contributed by atoms with Gasteiger partial charge in [-0.3, -0.25) is 0 Å². The predicted octanol–water partition coefficient (Wildman–Crippen LogP) is 0.138. The number of rotatable bonds is 7. The average Bonchev–Trinajstić information content (AvgIpc) is 2.05. The molecule has 0 aliphatic carbocycles. The maximum Gasteiger partial charge on any atom is 0.101 e. The highest BCUT2D eigenvalue weighted by Gasteiger charge is 2.16. The molecule has 0 aliphatic heterocycles. The van der Waals surface area contributed by atoms with Gasteiger partial charge in [-0.1, -0.05) is 6.92 Å². The highest BCUT2D eigenvalue weighted by atomic mass is 16.5. The van der Waals surface area contributed by atoms with Crippen molar-refractivity contribution in [2.45, 2.75) is 31.9 Å². The van der Waals surface area contributed by atoms with Crippen molar-refractivity contribution in [2.24, 2.45) is 5.73 Å². The van der Waals surface area contributed by atoms with Gasteiger partial charge in [0.05, 0.1) is 19.8 Å². The average molecular weight is 191 g/mol. The van der Waals surface area contributed by atoms with Crippen LogP contribution in [0.3, 0.4) is 0 Å². The normalized spacial score (nSPS) is 18.2. The molecule has 80 valence electrons. The molecule has 0 aliphatic rings. The fraction of sp³-hybridized carbons (Fsp3) is 1.00. The standard InChI is InChI=1S/C9H21NO3/c1-4-9(2,10)7-13-6-8(11)5-12-3/h8,11H,4-7,10H2,1-3H3. The van der Waals surface area contributed by atoms with Gasteiger partial charge < -0.3 is 20.3 Å². The molecule has 0 radical (unpaired) electrons. The smallest absolute Gasteiger partial charge is 0.101 e. The topological polar surface area (TPSA) is 64.7 Å². The SMILES string of the molecule is CCC(C)(N)COCC(O)COC. The van der Waals surface area contributed by atoms with Crippen molar-refractivity contribution < 1.29 is 14.6 Å². The van der Waals surface area contributed by atoms with Crippen LogP contribution in [0.4, 0.5) is 0 Å². The molecule has 4 nitrogen and oxygen atoms in total. The molecule has 0 fully saturated rings. The number of nitrogens with two attached hydrogens (primary N) is 1. The number of ether oxygens (including phenoxy) is 2. The Morgan fingerprint density at radius 1 is 1.46 bits per heavy atom. The van der Waals surface area contributed by atoms with Gasteiger partial charge in [0.2, 0.25) is 0 Å². The van der Waals surface area contributed by atoms with Crippen LogP contribution in [0.2, 0.25) is 0 Å². The summed E-state index contributed by atoms with van der Waals surface area (Å²) in [6.07, 6.45) is 0.297. The molecular formula is C9H21NO3. The lowest BCUT2D eigenvalue weighted by Gasteiger charge is -2.23. The molecule has 0 spiro atoms. The molecule has 13 heavy (non-hydrogen) atoms. The summed E-state index contributed by atoms with van der Waals surface area (Å²) in [5.74, 6) is 0. The fourth-order valence-corrected chi connectivity index (χ4v) is 0.771. The first-order valence-corrected chi connectivity index (χ1v) is 4.55. The molecule has 0 aromatic carbocycles. The van der Waals surface area contributed by atoms with Gasteiger partial charge in [-0.05, 0) is 13.3 Å². The van der Waals surface area contributed by atoms with E-state index in [1.807, 2.05) is 13.8 Å². The van der Waals surface area contributed by atoms with E-state index < -0.39 is 6.10 Å². The second-order valence-electron chi connectivity index (χ2n) is 3.63. The fourth-order valence-electron chi connectivity index (χ4n) is 0.771. The number of methoxy groups -OCH3 is 1. The minimum atomic E-state index is -0.558. The zero-order chi connectivity index (χ0) is 10.3. The maximum absolute atomic E-state index is 9.23. The molecule has 2 unspecified atom stereocenters. The molecular weight excluding hydrogens is 170 g/mol. The number of hydrogen-bond donors (Lipinski definition) is 2. The van der Waals surface area contributed by atoms with Gasteiger partial charge in [0.1, 0.15) is 6.10 Å². The van der Waals surface area contributed by atoms with Gasteiger partial charge in [-0.15, -0.1) is 0 Å². The number of hydrogen-bond acceptors (Lipinski definition) is 4. The molecule has 0 bridgehead atoms. The van der Waals surface area contributed by atoms with E-state index in [2.05, 4.69) is 0 Å². The van der Waals surface area contributed by atoms with Gasteiger partial charge in [0, 0.05) is 12.6 Å². The summed E-state index contributed by atoms with van der Waals surface area (Å²) in [5, 5.41) is 9.23. The van der Waals surface area contributed by atoms with Gasteiger partial charge in [0.25, 0.3) is 0 Å². The second kappa shape index (κ2) is 6.32. The lowest BCUT2D eigenvalue weighted by molar-refractivity contribution is -0.0174. The molecule has 4 heteroatoms. The van der Waals surface area contributed by atoms with E-state index in [-0.39, 0.29) is 12.1 Å². The van der Waals surface area contributed by atoms with E-state index in [9.17, 15) is 5.11 Å². The molecule has 3 N–H and O–H groups in total. The second-order valence-corrected chi connectivity index (χ2v) is 3.63. The van der Waals surface area contributed by atoms with Crippen LogP contribution in [-0.2, 0) is 9.47 Å². The van der Waals surface area contributed by atoms with Crippen LogP contribution in [0.25, 0.3) is 0 Å². The summed E-state index contributed by atoms with van der Waals surface area (Å²) in [5.41, 5.74) is 5.54. The van der Waals surface area contributed by atoms with Crippen molar-refractivity contribution in [1.29, 1.82) is 0 Å². The summed E-state index contributed by atoms with van der Waals surface area (Å²) in [7, 11) is 1.54. The minimum absolute atomic E-state index is 0.278.